The van der Waals surface area contributed by atoms with Gasteiger partial charge >= 0.3 is 0 Å². The van der Waals surface area contributed by atoms with Crippen molar-refractivity contribution in [3.8, 4) is 5.75 Å². The standard InChI is InChI=1S/C44H54N4O4S/c1-5-7-27-51-28-29-52-41-20-15-37(16-21-41)43-24-17-38(14-11-26-48(43,31-35(3)4)32-36-12-9-8-10-13-36)44(49)46-39-18-22-42(23-19-39)53(50)33-40-30-45-34-47(40)25-6-2/h8-10,12-13,15-24,30,34H,3,5-7,11,14,25-29,31-33H2,1-2,4H3/p+1. The number of anilines is 1. The Morgan fingerprint density at radius 2 is 1.74 bits per heavy atom. The number of allylic oxidation sites excluding steroid dienone is 2. The van der Waals surface area contributed by atoms with Crippen molar-refractivity contribution in [2.45, 2.75) is 76.6 Å². The van der Waals surface area contributed by atoms with Crippen molar-refractivity contribution in [2.24, 2.45) is 0 Å². The third-order valence-corrected chi connectivity index (χ3v) is 10.7. The van der Waals surface area contributed by atoms with Gasteiger partial charge in [0.1, 0.15) is 31.1 Å². The summed E-state index contributed by atoms with van der Waals surface area (Å²) in [6.07, 6.45) is 12.3. The normalized spacial score (nSPS) is 16.5. The summed E-state index contributed by atoms with van der Waals surface area (Å²) in [5.41, 5.74) is 6.90. The Balaban J connectivity index is 1.37. The number of amides is 1. The van der Waals surface area contributed by atoms with Crippen LogP contribution in [0.1, 0.15) is 69.7 Å². The lowest BCUT2D eigenvalue weighted by molar-refractivity contribution is -0.869. The molecule has 0 fully saturated rings. The molecule has 1 aliphatic rings. The molecular weight excluding hydrogens is 681 g/mol. The number of aromatic nitrogens is 2. The van der Waals surface area contributed by atoms with Crippen LogP contribution in [-0.4, -0.2) is 57.1 Å². The van der Waals surface area contributed by atoms with E-state index in [0.29, 0.717) is 40.5 Å². The Labute approximate surface area is 318 Å². The van der Waals surface area contributed by atoms with Crippen molar-refractivity contribution in [2.75, 3.05) is 38.2 Å². The first kappa shape index (κ1) is 39.6. The van der Waals surface area contributed by atoms with Crippen molar-refractivity contribution in [1.82, 2.24) is 9.55 Å². The lowest BCUT2D eigenvalue weighted by Crippen LogP contribution is -2.47. The molecule has 0 saturated carbocycles. The number of hydrogen-bond donors (Lipinski definition) is 1. The SMILES string of the molecule is C=C(C)C[N+]1(Cc2ccccc2)CCCC(C(=O)Nc2ccc(S(=O)Cc3cncn3CCC)cc2)=CC=C1c1ccc(OCCOCCCC)cc1. The van der Waals surface area contributed by atoms with Crippen molar-refractivity contribution >= 4 is 28.1 Å². The zero-order chi connectivity index (χ0) is 37.5. The van der Waals surface area contributed by atoms with Crippen molar-refractivity contribution < 1.29 is 23.0 Å². The Kier molecular flexibility index (Phi) is 15.0. The van der Waals surface area contributed by atoms with Gasteiger partial charge in [-0.25, -0.2) is 4.98 Å². The molecular formula is C44H55N4O4S+. The monoisotopic (exact) mass is 735 g/mol. The molecule has 2 unspecified atom stereocenters. The van der Waals surface area contributed by atoms with Gasteiger partial charge in [-0.2, -0.15) is 0 Å². The van der Waals surface area contributed by atoms with E-state index in [1.165, 1.54) is 5.56 Å². The maximum absolute atomic E-state index is 13.7. The lowest BCUT2D eigenvalue weighted by Gasteiger charge is -2.41. The van der Waals surface area contributed by atoms with E-state index in [-0.39, 0.29) is 5.91 Å². The maximum atomic E-state index is 13.7. The zero-order valence-corrected chi connectivity index (χ0v) is 32.4. The second kappa shape index (κ2) is 20.0. The summed E-state index contributed by atoms with van der Waals surface area (Å²) < 4.78 is 27.6. The average Bonchev–Trinajstić information content (AvgIpc) is 3.58. The predicted octanol–water partition coefficient (Wildman–Crippen LogP) is 9.09. The van der Waals surface area contributed by atoms with Gasteiger partial charge in [0.15, 0.2) is 0 Å². The van der Waals surface area contributed by atoms with E-state index in [1.807, 2.05) is 42.5 Å². The molecule has 0 saturated heterocycles. The summed E-state index contributed by atoms with van der Waals surface area (Å²) >= 11 is 0. The van der Waals surface area contributed by atoms with Crippen molar-refractivity contribution in [3.63, 3.8) is 0 Å². The zero-order valence-electron chi connectivity index (χ0n) is 31.6. The molecule has 1 aromatic heterocycles. The summed E-state index contributed by atoms with van der Waals surface area (Å²) in [4.78, 5) is 18.7. The number of imidazole rings is 1. The first-order valence-electron chi connectivity index (χ1n) is 18.9. The number of carbonyl (C=O) groups is 1. The Morgan fingerprint density at radius 1 is 0.962 bits per heavy atom. The minimum Gasteiger partial charge on any atom is -0.491 e. The van der Waals surface area contributed by atoms with Crippen LogP contribution in [0.4, 0.5) is 5.69 Å². The molecule has 2 atom stereocenters. The van der Waals surface area contributed by atoms with E-state index in [2.05, 4.69) is 90.8 Å². The summed E-state index contributed by atoms with van der Waals surface area (Å²) in [5, 5.41) is 3.09. The molecule has 280 valence electrons. The van der Waals surface area contributed by atoms with Gasteiger partial charge in [0.05, 0.1) is 41.7 Å². The molecule has 4 aromatic rings. The summed E-state index contributed by atoms with van der Waals surface area (Å²) in [5.74, 6) is 1.06. The third-order valence-electron chi connectivity index (χ3n) is 9.38. The van der Waals surface area contributed by atoms with Crippen LogP contribution in [0.3, 0.4) is 0 Å². The molecule has 1 N–H and O–H groups in total. The number of rotatable bonds is 19. The fraction of sp³-hybridized carbons (Fsp3) is 0.364. The van der Waals surface area contributed by atoms with Crippen LogP contribution in [0, 0.1) is 0 Å². The second-order valence-corrected chi connectivity index (χ2v) is 15.3. The molecule has 0 bridgehead atoms. The average molecular weight is 736 g/mol. The quantitative estimate of drug-likeness (QED) is 0.0591. The fourth-order valence-electron chi connectivity index (χ4n) is 6.83. The van der Waals surface area contributed by atoms with Crippen LogP contribution in [0.5, 0.6) is 5.75 Å². The number of quaternary nitrogens is 1. The maximum Gasteiger partial charge on any atom is 0.251 e. The fourth-order valence-corrected chi connectivity index (χ4v) is 7.94. The second-order valence-electron chi connectivity index (χ2n) is 13.9. The molecule has 53 heavy (non-hydrogen) atoms. The number of aryl methyl sites for hydroxylation is 1. The highest BCUT2D eigenvalue weighted by molar-refractivity contribution is 7.84. The number of hydrogen-bond acceptors (Lipinski definition) is 5. The highest BCUT2D eigenvalue weighted by Gasteiger charge is 2.35. The number of unbranched alkanes of at least 4 members (excludes halogenated alkanes) is 1. The Morgan fingerprint density at radius 3 is 2.45 bits per heavy atom. The van der Waals surface area contributed by atoms with E-state index < -0.39 is 10.8 Å². The molecule has 3 aromatic carbocycles. The minimum absolute atomic E-state index is 0.134. The van der Waals surface area contributed by atoms with Gasteiger partial charge in [-0.05, 0) is 86.4 Å². The van der Waals surface area contributed by atoms with Crippen molar-refractivity contribution in [3.05, 3.63) is 138 Å². The van der Waals surface area contributed by atoms with E-state index in [4.69, 9.17) is 9.47 Å². The van der Waals surface area contributed by atoms with E-state index in [9.17, 15) is 9.00 Å². The highest BCUT2D eigenvalue weighted by atomic mass is 32.2. The van der Waals surface area contributed by atoms with Crippen LogP contribution in [-0.2, 0) is 39.2 Å². The van der Waals surface area contributed by atoms with Gasteiger partial charge in [-0.1, -0.05) is 57.2 Å². The van der Waals surface area contributed by atoms with Crippen LogP contribution in [0.25, 0.3) is 5.70 Å². The number of nitrogens with one attached hydrogen (secondary N) is 1. The van der Waals surface area contributed by atoms with E-state index >= 15 is 0 Å². The van der Waals surface area contributed by atoms with E-state index in [0.717, 1.165) is 92.3 Å². The van der Waals surface area contributed by atoms with Crippen LogP contribution in [0.2, 0.25) is 0 Å². The van der Waals surface area contributed by atoms with Crippen LogP contribution < -0.4 is 10.1 Å². The van der Waals surface area contributed by atoms with Crippen molar-refractivity contribution in [1.29, 1.82) is 0 Å². The molecule has 1 amide bonds. The van der Waals surface area contributed by atoms with Gasteiger partial charge < -0.3 is 19.4 Å². The number of benzene rings is 3. The Bertz CT molecular complexity index is 1870. The first-order valence-corrected chi connectivity index (χ1v) is 20.2. The third kappa shape index (κ3) is 11.5. The molecule has 1 aliphatic heterocycles. The number of carbonyl (C=O) groups excluding carboxylic acids is 1. The summed E-state index contributed by atoms with van der Waals surface area (Å²) in [6, 6.07) is 26.2. The molecule has 0 aliphatic carbocycles. The number of ether oxygens (including phenoxy) is 2. The molecule has 2 heterocycles. The van der Waals surface area contributed by atoms with Gasteiger partial charge in [-0.3, -0.25) is 13.5 Å². The van der Waals surface area contributed by atoms with Gasteiger partial charge in [0, 0.05) is 59.1 Å². The topological polar surface area (TPSA) is 82.5 Å². The first-order chi connectivity index (χ1) is 25.8. The summed E-state index contributed by atoms with van der Waals surface area (Å²) in [6.45, 7) is 15.8. The van der Waals surface area contributed by atoms with Gasteiger partial charge in [-0.15, -0.1) is 0 Å². The molecule has 8 nitrogen and oxygen atoms in total. The number of nitrogens with zero attached hydrogens (tertiary/aromatic N) is 3. The molecule has 9 heteroatoms. The molecule has 0 spiro atoms. The minimum atomic E-state index is -1.22. The van der Waals surface area contributed by atoms with E-state index in [1.54, 1.807) is 12.5 Å². The van der Waals surface area contributed by atoms with Crippen LogP contribution in [0.15, 0.2) is 126 Å². The molecule has 0 radical (unpaired) electrons. The molecule has 5 rings (SSSR count). The predicted molar refractivity (Wildman–Crippen MR) is 216 cm³/mol. The smallest absolute Gasteiger partial charge is 0.251 e. The van der Waals surface area contributed by atoms with Crippen LogP contribution >= 0.6 is 0 Å². The summed E-state index contributed by atoms with van der Waals surface area (Å²) in [7, 11) is -1.22. The van der Waals surface area contributed by atoms with Gasteiger partial charge in [0.25, 0.3) is 5.91 Å². The van der Waals surface area contributed by atoms with Gasteiger partial charge in [0.2, 0.25) is 0 Å². The Hall–Kier alpha value is -4.57. The largest absolute Gasteiger partial charge is 0.491 e. The highest BCUT2D eigenvalue weighted by Crippen LogP contribution is 2.36. The lowest BCUT2D eigenvalue weighted by atomic mass is 9.98.